The predicted octanol–water partition coefficient (Wildman–Crippen LogP) is 3.70. The van der Waals surface area contributed by atoms with Crippen LogP contribution in [-0.2, 0) is 19.6 Å². The number of hydrogen-bond acceptors (Lipinski definition) is 7. The van der Waals surface area contributed by atoms with Crippen LogP contribution in [0.5, 0.6) is 5.75 Å². The van der Waals surface area contributed by atoms with Crippen LogP contribution in [-0.4, -0.2) is 64.2 Å². The maximum Gasteiger partial charge on any atom is 0.270 e. The fourth-order valence-corrected chi connectivity index (χ4v) is 5.38. The summed E-state index contributed by atoms with van der Waals surface area (Å²) in [7, 11) is -2.69. The summed E-state index contributed by atoms with van der Waals surface area (Å²) in [5.74, 6) is 0.0295. The van der Waals surface area contributed by atoms with E-state index in [1.165, 1.54) is 19.2 Å². The molecule has 0 bridgehead atoms. The molecule has 1 aliphatic heterocycles. The van der Waals surface area contributed by atoms with Crippen molar-refractivity contribution in [2.24, 2.45) is 0 Å². The third-order valence-corrected chi connectivity index (χ3v) is 7.64. The minimum absolute atomic E-state index is 0.0101. The third-order valence-electron chi connectivity index (χ3n) is 5.89. The molecule has 9 heteroatoms. The van der Waals surface area contributed by atoms with Gasteiger partial charge in [0, 0.05) is 38.4 Å². The molecule has 0 saturated carbocycles. The second kappa shape index (κ2) is 11.9. The van der Waals surface area contributed by atoms with Crippen LogP contribution in [0.25, 0.3) is 12.2 Å². The van der Waals surface area contributed by atoms with Crippen molar-refractivity contribution in [1.82, 2.24) is 9.88 Å². The molecule has 1 aliphatic rings. The number of sulfonamides is 1. The number of carbonyl (C=O) groups excluding carboxylic acids is 1. The number of methoxy groups -OCH3 is 1. The number of amides is 1. The zero-order chi connectivity index (χ0) is 25.4. The maximum absolute atomic E-state index is 13.8. The first-order valence-corrected chi connectivity index (χ1v) is 13.1. The van der Waals surface area contributed by atoms with Gasteiger partial charge >= 0.3 is 0 Å². The molecule has 1 saturated heterocycles. The van der Waals surface area contributed by atoms with E-state index in [1.807, 2.05) is 24.3 Å². The number of rotatable bonds is 9. The number of aromatic nitrogens is 1. The third kappa shape index (κ3) is 6.17. The quantitative estimate of drug-likeness (QED) is 0.436. The van der Waals surface area contributed by atoms with Gasteiger partial charge in [-0.05, 0) is 53.6 Å². The molecule has 2 aromatic carbocycles. The number of hydrogen-bond donors (Lipinski definition) is 0. The number of morpholine rings is 1. The summed E-state index contributed by atoms with van der Waals surface area (Å²) in [5.41, 5.74) is 1.81. The molecule has 0 unspecified atom stereocenters. The van der Waals surface area contributed by atoms with E-state index in [1.54, 1.807) is 48.8 Å². The Morgan fingerprint density at radius 2 is 1.72 bits per heavy atom. The van der Waals surface area contributed by atoms with Crippen molar-refractivity contribution >= 4 is 33.8 Å². The first-order valence-electron chi connectivity index (χ1n) is 11.7. The molecule has 0 N–H and O–H groups in total. The van der Waals surface area contributed by atoms with Crippen LogP contribution in [0.4, 0.5) is 5.69 Å². The summed E-state index contributed by atoms with van der Waals surface area (Å²) >= 11 is 0. The van der Waals surface area contributed by atoms with Gasteiger partial charge in [-0.3, -0.25) is 14.7 Å². The summed E-state index contributed by atoms with van der Waals surface area (Å²) in [5, 5.41) is 0. The van der Waals surface area contributed by atoms with Crippen molar-refractivity contribution in [3.8, 4) is 5.75 Å². The Morgan fingerprint density at radius 3 is 2.42 bits per heavy atom. The molecule has 2 heterocycles. The summed E-state index contributed by atoms with van der Waals surface area (Å²) in [4.78, 5) is 19.7. The van der Waals surface area contributed by atoms with Crippen LogP contribution in [0, 0.1) is 0 Å². The van der Waals surface area contributed by atoms with Crippen molar-refractivity contribution in [3.05, 3.63) is 84.2 Å². The normalized spacial score (nSPS) is 14.6. The van der Waals surface area contributed by atoms with Crippen molar-refractivity contribution in [2.75, 3.05) is 44.3 Å². The molecule has 0 spiro atoms. The molecule has 3 aromatic rings. The van der Waals surface area contributed by atoms with Gasteiger partial charge in [0.2, 0.25) is 5.91 Å². The SMILES string of the molecule is COc1ccc(S(=O)(=O)N(C(=O)CCN2CCOCC2)c2ccccc2C=Cc2ccncc2)cc1. The second-order valence-corrected chi connectivity index (χ2v) is 10.0. The fourth-order valence-electron chi connectivity index (χ4n) is 3.91. The number of anilines is 1. The van der Waals surface area contributed by atoms with E-state index in [9.17, 15) is 13.2 Å². The lowest BCUT2D eigenvalue weighted by atomic mass is 10.1. The van der Waals surface area contributed by atoms with Crippen molar-refractivity contribution in [2.45, 2.75) is 11.3 Å². The highest BCUT2D eigenvalue weighted by molar-refractivity contribution is 7.93. The first kappa shape index (κ1) is 25.6. The minimum atomic E-state index is -4.20. The summed E-state index contributed by atoms with van der Waals surface area (Å²) in [6.07, 6.45) is 7.08. The number of benzene rings is 2. The molecule has 188 valence electrons. The van der Waals surface area contributed by atoms with E-state index in [0.717, 1.165) is 9.87 Å². The van der Waals surface area contributed by atoms with Crippen LogP contribution in [0.15, 0.2) is 78.0 Å². The number of ether oxygens (including phenoxy) is 2. The van der Waals surface area contributed by atoms with E-state index < -0.39 is 15.9 Å². The van der Waals surface area contributed by atoms with Gasteiger partial charge in [-0.2, -0.15) is 0 Å². The lowest BCUT2D eigenvalue weighted by molar-refractivity contribution is -0.118. The number of para-hydroxylation sites is 1. The zero-order valence-corrected chi connectivity index (χ0v) is 20.9. The van der Waals surface area contributed by atoms with E-state index in [4.69, 9.17) is 9.47 Å². The van der Waals surface area contributed by atoms with Crippen LogP contribution >= 0.6 is 0 Å². The van der Waals surface area contributed by atoms with Crippen LogP contribution in [0.3, 0.4) is 0 Å². The van der Waals surface area contributed by atoms with Crippen LogP contribution < -0.4 is 9.04 Å². The molecular weight excluding hydrogens is 478 g/mol. The molecule has 4 rings (SSSR count). The first-order chi connectivity index (χ1) is 17.5. The van der Waals surface area contributed by atoms with E-state index >= 15 is 0 Å². The van der Waals surface area contributed by atoms with Crippen molar-refractivity contribution in [1.29, 1.82) is 0 Å². The standard InChI is InChI=1S/C27H29N3O5S/c1-34-24-8-10-25(11-9-24)36(32,33)30(27(31)14-17-29-18-20-35-21-19-29)26-5-3-2-4-23(26)7-6-22-12-15-28-16-13-22/h2-13,15-16H,14,17-21H2,1H3. The average molecular weight is 508 g/mol. The fraction of sp³-hybridized carbons (Fsp3) is 0.259. The topological polar surface area (TPSA) is 89.0 Å². The van der Waals surface area contributed by atoms with Gasteiger partial charge in [0.15, 0.2) is 0 Å². The predicted molar refractivity (Wildman–Crippen MR) is 139 cm³/mol. The Balaban J connectivity index is 1.71. The lowest BCUT2D eigenvalue weighted by Crippen LogP contribution is -2.42. The Bertz CT molecular complexity index is 1290. The number of pyridine rings is 1. The summed E-state index contributed by atoms with van der Waals surface area (Å²) in [6, 6.07) is 16.7. The van der Waals surface area contributed by atoms with Gasteiger partial charge in [-0.25, -0.2) is 12.7 Å². The van der Waals surface area contributed by atoms with Crippen LogP contribution in [0.2, 0.25) is 0 Å². The zero-order valence-electron chi connectivity index (χ0n) is 20.1. The largest absolute Gasteiger partial charge is 0.497 e. The lowest BCUT2D eigenvalue weighted by Gasteiger charge is -2.28. The molecule has 0 radical (unpaired) electrons. The molecule has 1 fully saturated rings. The monoisotopic (exact) mass is 507 g/mol. The Morgan fingerprint density at radius 1 is 1.03 bits per heavy atom. The van der Waals surface area contributed by atoms with Crippen molar-refractivity contribution < 1.29 is 22.7 Å². The van der Waals surface area contributed by atoms with E-state index in [0.29, 0.717) is 49.8 Å². The van der Waals surface area contributed by atoms with Crippen LogP contribution in [0.1, 0.15) is 17.5 Å². The van der Waals surface area contributed by atoms with Crippen molar-refractivity contribution in [3.63, 3.8) is 0 Å². The Labute approximate surface area is 211 Å². The van der Waals surface area contributed by atoms with Gasteiger partial charge < -0.3 is 9.47 Å². The van der Waals surface area contributed by atoms with Gasteiger partial charge in [-0.1, -0.05) is 30.4 Å². The molecule has 0 aliphatic carbocycles. The number of carbonyl (C=O) groups is 1. The van der Waals surface area contributed by atoms with E-state index in [-0.39, 0.29) is 11.3 Å². The molecule has 36 heavy (non-hydrogen) atoms. The summed E-state index contributed by atoms with van der Waals surface area (Å²) in [6.45, 7) is 3.08. The summed E-state index contributed by atoms with van der Waals surface area (Å²) < 4.78 is 39.2. The van der Waals surface area contributed by atoms with Gasteiger partial charge in [0.1, 0.15) is 5.75 Å². The van der Waals surface area contributed by atoms with Gasteiger partial charge in [0.25, 0.3) is 10.0 Å². The molecule has 8 nitrogen and oxygen atoms in total. The molecular formula is C27H29N3O5S. The highest BCUT2D eigenvalue weighted by atomic mass is 32.2. The Hall–Kier alpha value is -3.53. The molecule has 1 aromatic heterocycles. The molecule has 0 atom stereocenters. The van der Waals surface area contributed by atoms with Gasteiger partial charge in [-0.15, -0.1) is 0 Å². The second-order valence-electron chi connectivity index (χ2n) is 8.22. The minimum Gasteiger partial charge on any atom is -0.497 e. The average Bonchev–Trinajstić information content (AvgIpc) is 2.92. The highest BCUT2D eigenvalue weighted by Gasteiger charge is 2.32. The number of nitrogens with zero attached hydrogens (tertiary/aromatic N) is 3. The van der Waals surface area contributed by atoms with E-state index in [2.05, 4.69) is 9.88 Å². The Kier molecular flexibility index (Phi) is 8.48. The highest BCUT2D eigenvalue weighted by Crippen LogP contribution is 2.30. The smallest absolute Gasteiger partial charge is 0.270 e. The maximum atomic E-state index is 13.8. The van der Waals surface area contributed by atoms with Gasteiger partial charge in [0.05, 0.1) is 30.9 Å². The molecule has 1 amide bonds.